The average Bonchev–Trinajstić information content (AvgIpc) is 3.23. The van der Waals surface area contributed by atoms with Gasteiger partial charge in [-0.2, -0.15) is 4.98 Å². The summed E-state index contributed by atoms with van der Waals surface area (Å²) in [4.78, 5) is 4.26. The molecule has 0 saturated carbocycles. The van der Waals surface area contributed by atoms with Crippen LogP contribution in [0.3, 0.4) is 0 Å². The van der Waals surface area contributed by atoms with Crippen molar-refractivity contribution in [2.75, 3.05) is 7.11 Å². The number of aromatic nitrogens is 2. The lowest BCUT2D eigenvalue weighted by Gasteiger charge is -2.12. The van der Waals surface area contributed by atoms with Crippen molar-refractivity contribution in [1.82, 2.24) is 10.1 Å². The van der Waals surface area contributed by atoms with Crippen molar-refractivity contribution < 1.29 is 27.2 Å². The number of halogens is 3. The van der Waals surface area contributed by atoms with Gasteiger partial charge in [-0.1, -0.05) is 41.6 Å². The molecule has 4 aromatic rings. The fourth-order valence-electron chi connectivity index (χ4n) is 3.24. The molecule has 1 heterocycles. The number of hydrogen-bond donors (Lipinski definition) is 0. The third-order valence-corrected chi connectivity index (χ3v) is 4.66. The molecule has 8 heteroatoms. The van der Waals surface area contributed by atoms with Crippen LogP contribution in [0, 0.1) is 6.92 Å². The Labute approximate surface area is 176 Å². The van der Waals surface area contributed by atoms with Crippen LogP contribution in [0.15, 0.2) is 71.3 Å². The van der Waals surface area contributed by atoms with Crippen molar-refractivity contribution in [2.45, 2.75) is 13.3 Å². The lowest BCUT2D eigenvalue weighted by Crippen LogP contribution is -2.17. The van der Waals surface area contributed by atoms with Crippen molar-refractivity contribution in [3.63, 3.8) is 0 Å². The largest absolute Gasteiger partial charge is 0.573 e. The predicted octanol–water partition coefficient (Wildman–Crippen LogP) is 6.29. The van der Waals surface area contributed by atoms with Gasteiger partial charge in [-0.3, -0.25) is 0 Å². The maximum atomic E-state index is 12.7. The third kappa shape index (κ3) is 4.37. The van der Waals surface area contributed by atoms with Crippen molar-refractivity contribution in [3.8, 4) is 45.5 Å². The number of para-hydroxylation sites is 1. The van der Waals surface area contributed by atoms with Gasteiger partial charge in [-0.05, 0) is 48.4 Å². The summed E-state index contributed by atoms with van der Waals surface area (Å²) in [6.07, 6.45) is -4.83. The number of ether oxygens (including phenoxy) is 2. The first kappa shape index (κ1) is 20.5. The Kier molecular flexibility index (Phi) is 5.37. The Bertz CT molecular complexity index is 1220. The summed E-state index contributed by atoms with van der Waals surface area (Å²) in [5, 5.41) is 3.83. The summed E-state index contributed by atoms with van der Waals surface area (Å²) in [6, 6.07) is 18.9. The summed E-state index contributed by atoms with van der Waals surface area (Å²) in [6.45, 7) is 2.01. The van der Waals surface area contributed by atoms with Gasteiger partial charge in [0.05, 0.1) is 12.7 Å². The monoisotopic (exact) mass is 426 g/mol. The maximum Gasteiger partial charge on any atom is 0.573 e. The molecule has 31 heavy (non-hydrogen) atoms. The number of hydrogen-bond acceptors (Lipinski definition) is 5. The normalized spacial score (nSPS) is 11.4. The van der Waals surface area contributed by atoms with Crippen LogP contribution in [0.5, 0.6) is 11.5 Å². The van der Waals surface area contributed by atoms with Gasteiger partial charge in [0, 0.05) is 11.1 Å². The third-order valence-electron chi connectivity index (χ3n) is 4.66. The summed E-state index contributed by atoms with van der Waals surface area (Å²) in [5.74, 6) is 0.324. The fraction of sp³-hybridized carbons (Fsp3) is 0.130. The van der Waals surface area contributed by atoms with E-state index in [-0.39, 0.29) is 17.3 Å². The van der Waals surface area contributed by atoms with Crippen LogP contribution in [0.2, 0.25) is 0 Å². The molecule has 0 atom stereocenters. The van der Waals surface area contributed by atoms with Crippen LogP contribution in [0.4, 0.5) is 13.2 Å². The minimum atomic E-state index is -4.83. The molecular weight excluding hydrogens is 409 g/mol. The Balaban J connectivity index is 1.70. The van der Waals surface area contributed by atoms with E-state index < -0.39 is 12.1 Å². The average molecular weight is 426 g/mol. The predicted molar refractivity (Wildman–Crippen MR) is 109 cm³/mol. The number of nitrogens with zero attached hydrogens (tertiary/aromatic N) is 2. The van der Waals surface area contributed by atoms with Crippen LogP contribution < -0.4 is 9.47 Å². The molecule has 158 valence electrons. The van der Waals surface area contributed by atoms with E-state index in [9.17, 15) is 13.2 Å². The molecule has 0 radical (unpaired) electrons. The zero-order valence-corrected chi connectivity index (χ0v) is 16.6. The van der Waals surface area contributed by atoms with Gasteiger partial charge in [-0.15, -0.1) is 13.2 Å². The molecule has 0 aliphatic heterocycles. The summed E-state index contributed by atoms with van der Waals surface area (Å²) >= 11 is 0. The number of rotatable bonds is 5. The zero-order chi connectivity index (χ0) is 22.0. The van der Waals surface area contributed by atoms with E-state index in [2.05, 4.69) is 14.9 Å². The van der Waals surface area contributed by atoms with Crippen LogP contribution in [0.1, 0.15) is 5.56 Å². The lowest BCUT2D eigenvalue weighted by atomic mass is 9.98. The minimum Gasteiger partial charge on any atom is -0.496 e. The molecule has 0 spiro atoms. The van der Waals surface area contributed by atoms with E-state index in [1.54, 1.807) is 25.3 Å². The van der Waals surface area contributed by atoms with E-state index in [1.807, 2.05) is 37.3 Å². The van der Waals surface area contributed by atoms with Crippen molar-refractivity contribution in [2.24, 2.45) is 0 Å². The SMILES string of the molecule is COc1cc(-c2nc(-c3ccccc3OC(F)(F)F)no2)ccc1-c1ccccc1C. The van der Waals surface area contributed by atoms with E-state index in [0.717, 1.165) is 16.7 Å². The molecular formula is C23H17F3N2O3. The summed E-state index contributed by atoms with van der Waals surface area (Å²) in [5.41, 5.74) is 3.65. The second-order valence-corrected chi connectivity index (χ2v) is 6.70. The van der Waals surface area contributed by atoms with Gasteiger partial charge in [-0.25, -0.2) is 0 Å². The molecule has 0 N–H and O–H groups in total. The zero-order valence-electron chi connectivity index (χ0n) is 16.6. The minimum absolute atomic E-state index is 0.0169. The van der Waals surface area contributed by atoms with Gasteiger partial charge in [0.1, 0.15) is 11.5 Å². The maximum absolute atomic E-state index is 12.7. The lowest BCUT2D eigenvalue weighted by molar-refractivity contribution is -0.274. The van der Waals surface area contributed by atoms with Gasteiger partial charge >= 0.3 is 6.36 Å². The molecule has 0 unspecified atom stereocenters. The summed E-state index contributed by atoms with van der Waals surface area (Å²) in [7, 11) is 1.56. The number of aryl methyl sites for hydroxylation is 1. The van der Waals surface area contributed by atoms with Crippen LogP contribution >= 0.6 is 0 Å². The van der Waals surface area contributed by atoms with E-state index in [4.69, 9.17) is 9.26 Å². The Morgan fingerprint density at radius 2 is 1.55 bits per heavy atom. The molecule has 0 bridgehead atoms. The highest BCUT2D eigenvalue weighted by Gasteiger charge is 2.32. The van der Waals surface area contributed by atoms with Crippen molar-refractivity contribution >= 4 is 0 Å². The highest BCUT2D eigenvalue weighted by Crippen LogP contribution is 2.37. The molecule has 1 aromatic heterocycles. The van der Waals surface area contributed by atoms with Gasteiger partial charge in [0.15, 0.2) is 0 Å². The number of methoxy groups -OCH3 is 1. The molecule has 0 saturated heterocycles. The Hall–Kier alpha value is -3.81. The highest BCUT2D eigenvalue weighted by molar-refractivity contribution is 5.76. The van der Waals surface area contributed by atoms with Crippen LogP contribution in [-0.4, -0.2) is 23.6 Å². The van der Waals surface area contributed by atoms with Crippen LogP contribution in [-0.2, 0) is 0 Å². The first-order valence-electron chi connectivity index (χ1n) is 9.29. The standard InChI is InChI=1S/C23H17F3N2O3/c1-14-7-3-4-8-16(14)17-12-11-15(13-20(17)29-2)22-27-21(28-31-22)18-9-5-6-10-19(18)30-23(24,25)26/h3-13H,1-2H3. The smallest absolute Gasteiger partial charge is 0.496 e. The molecule has 4 rings (SSSR count). The van der Waals surface area contributed by atoms with Crippen LogP contribution in [0.25, 0.3) is 34.0 Å². The number of alkyl halides is 3. The van der Waals surface area contributed by atoms with Crippen molar-refractivity contribution in [3.05, 3.63) is 72.3 Å². The Morgan fingerprint density at radius 1 is 0.839 bits per heavy atom. The topological polar surface area (TPSA) is 57.4 Å². The van der Waals surface area contributed by atoms with E-state index in [0.29, 0.717) is 11.3 Å². The first-order valence-corrected chi connectivity index (χ1v) is 9.29. The second-order valence-electron chi connectivity index (χ2n) is 6.70. The fourth-order valence-corrected chi connectivity index (χ4v) is 3.24. The molecule has 0 amide bonds. The molecule has 5 nitrogen and oxygen atoms in total. The summed E-state index contributed by atoms with van der Waals surface area (Å²) < 4.78 is 53.0. The quantitative estimate of drug-likeness (QED) is 0.376. The van der Waals surface area contributed by atoms with Gasteiger partial charge < -0.3 is 14.0 Å². The number of benzene rings is 3. The molecule has 0 aliphatic rings. The molecule has 0 aliphatic carbocycles. The van der Waals surface area contributed by atoms with E-state index >= 15 is 0 Å². The van der Waals surface area contributed by atoms with Crippen molar-refractivity contribution in [1.29, 1.82) is 0 Å². The molecule has 3 aromatic carbocycles. The Morgan fingerprint density at radius 3 is 2.26 bits per heavy atom. The molecule has 0 fully saturated rings. The highest BCUT2D eigenvalue weighted by atomic mass is 19.4. The van der Waals surface area contributed by atoms with E-state index in [1.165, 1.54) is 18.2 Å². The van der Waals surface area contributed by atoms with Gasteiger partial charge in [0.2, 0.25) is 5.82 Å². The second kappa shape index (κ2) is 8.14. The van der Waals surface area contributed by atoms with Gasteiger partial charge in [0.25, 0.3) is 5.89 Å². The first-order chi connectivity index (χ1) is 14.9.